The smallest absolute Gasteiger partial charge is 0.410 e. The molecule has 126 valence electrons. The molecule has 1 saturated heterocycles. The lowest BCUT2D eigenvalue weighted by molar-refractivity contribution is -0.154. The largest absolute Gasteiger partial charge is 0.468 e. The Hall–Kier alpha value is -1.63. The van der Waals surface area contributed by atoms with E-state index in [9.17, 15) is 14.4 Å². The number of hydrogen-bond acceptors (Lipinski definition) is 6. The quantitative estimate of drug-likeness (QED) is 0.558. The number of methoxy groups -OCH3 is 1. The van der Waals surface area contributed by atoms with E-state index in [0.29, 0.717) is 13.1 Å². The van der Waals surface area contributed by atoms with Gasteiger partial charge < -0.3 is 14.4 Å². The van der Waals surface area contributed by atoms with Crippen molar-refractivity contribution < 1.29 is 23.9 Å². The Bertz CT molecular complexity index is 422. The third kappa shape index (κ3) is 4.43. The number of ether oxygens (including phenoxy) is 2. The summed E-state index contributed by atoms with van der Waals surface area (Å²) >= 11 is 0. The van der Waals surface area contributed by atoms with Crippen LogP contribution in [-0.4, -0.2) is 72.6 Å². The highest BCUT2D eigenvalue weighted by atomic mass is 16.6. The van der Waals surface area contributed by atoms with Crippen LogP contribution in [0.1, 0.15) is 34.1 Å². The molecular weight excluding hydrogens is 288 g/mol. The molecule has 7 nitrogen and oxygen atoms in total. The summed E-state index contributed by atoms with van der Waals surface area (Å²) in [5.41, 5.74) is -0.554. The summed E-state index contributed by atoms with van der Waals surface area (Å²) in [6.45, 7) is 8.02. The predicted molar refractivity (Wildman–Crippen MR) is 80.5 cm³/mol. The van der Waals surface area contributed by atoms with E-state index in [4.69, 9.17) is 9.47 Å². The molecule has 0 saturated carbocycles. The average Bonchev–Trinajstić information content (AvgIpc) is 2.38. The van der Waals surface area contributed by atoms with E-state index >= 15 is 0 Å². The molecule has 0 aromatic rings. The van der Waals surface area contributed by atoms with Crippen LogP contribution in [0, 0.1) is 0 Å². The van der Waals surface area contributed by atoms with Crippen LogP contribution in [0.4, 0.5) is 4.79 Å². The summed E-state index contributed by atoms with van der Waals surface area (Å²) in [6, 6.07) is -0.954. The summed E-state index contributed by atoms with van der Waals surface area (Å²) < 4.78 is 9.99. The third-order valence-electron chi connectivity index (χ3n) is 3.56. The first-order valence-electron chi connectivity index (χ1n) is 7.41. The van der Waals surface area contributed by atoms with Crippen LogP contribution >= 0.6 is 0 Å². The Morgan fingerprint density at radius 1 is 1.27 bits per heavy atom. The highest BCUT2D eigenvalue weighted by Gasteiger charge is 2.43. The van der Waals surface area contributed by atoms with Gasteiger partial charge in [-0.05, 0) is 20.8 Å². The van der Waals surface area contributed by atoms with Crippen molar-refractivity contribution in [2.45, 2.75) is 51.8 Å². The minimum Gasteiger partial charge on any atom is -0.468 e. The number of esters is 1. The Balaban J connectivity index is 2.61. The summed E-state index contributed by atoms with van der Waals surface area (Å²) in [5.74, 6) is -0.726. The number of hydrogen-bond donors (Lipinski definition) is 0. The van der Waals surface area contributed by atoms with Crippen molar-refractivity contribution in [1.29, 1.82) is 0 Å². The van der Waals surface area contributed by atoms with Gasteiger partial charge in [-0.15, -0.1) is 0 Å². The molecule has 1 rings (SSSR count). The first-order valence-corrected chi connectivity index (χ1v) is 7.41. The fourth-order valence-electron chi connectivity index (χ4n) is 2.22. The molecule has 0 aromatic carbocycles. The number of likely N-dealkylation sites (N-methyl/N-ethyl adjacent to an activating group) is 1. The highest BCUT2D eigenvalue weighted by molar-refractivity contribution is 6.03. The molecule has 1 aliphatic rings. The number of ketones is 1. The monoisotopic (exact) mass is 314 g/mol. The van der Waals surface area contributed by atoms with E-state index in [1.807, 2.05) is 0 Å². The molecule has 0 aliphatic carbocycles. The van der Waals surface area contributed by atoms with Crippen molar-refractivity contribution in [3.63, 3.8) is 0 Å². The zero-order chi connectivity index (χ0) is 17.1. The molecule has 0 N–H and O–H groups in total. The van der Waals surface area contributed by atoms with E-state index in [-0.39, 0.29) is 18.2 Å². The molecule has 1 fully saturated rings. The van der Waals surface area contributed by atoms with Crippen LogP contribution in [0.15, 0.2) is 0 Å². The van der Waals surface area contributed by atoms with Crippen molar-refractivity contribution in [2.75, 3.05) is 27.2 Å². The Morgan fingerprint density at radius 2 is 1.82 bits per heavy atom. The van der Waals surface area contributed by atoms with Crippen LogP contribution in [0.25, 0.3) is 0 Å². The molecule has 0 aromatic heterocycles. The van der Waals surface area contributed by atoms with Crippen LogP contribution in [0.5, 0.6) is 0 Å². The molecule has 1 atom stereocenters. The number of rotatable bonds is 5. The molecule has 7 heteroatoms. The molecule has 1 unspecified atom stereocenters. The third-order valence-corrected chi connectivity index (χ3v) is 3.56. The second-order valence-electron chi connectivity index (χ2n) is 6.44. The van der Waals surface area contributed by atoms with E-state index in [2.05, 4.69) is 0 Å². The van der Waals surface area contributed by atoms with E-state index in [1.165, 1.54) is 12.0 Å². The number of nitrogens with zero attached hydrogens (tertiary/aromatic N) is 2. The Labute approximate surface area is 131 Å². The molecule has 0 bridgehead atoms. The second kappa shape index (κ2) is 7.09. The van der Waals surface area contributed by atoms with Crippen LogP contribution in [0.3, 0.4) is 0 Å². The lowest BCUT2D eigenvalue weighted by Gasteiger charge is -2.46. The maximum Gasteiger partial charge on any atom is 0.410 e. The molecule has 0 radical (unpaired) electrons. The van der Waals surface area contributed by atoms with Gasteiger partial charge in [0.25, 0.3) is 0 Å². The minimum absolute atomic E-state index is 0.0772. The maximum atomic E-state index is 12.0. The number of amides is 1. The van der Waals surface area contributed by atoms with Gasteiger partial charge >= 0.3 is 12.1 Å². The van der Waals surface area contributed by atoms with Gasteiger partial charge in [0.05, 0.1) is 13.2 Å². The van der Waals surface area contributed by atoms with Gasteiger partial charge in [-0.25, -0.2) is 9.59 Å². The number of carbonyl (C=O) groups excluding carboxylic acids is 3. The van der Waals surface area contributed by atoms with Gasteiger partial charge in [0.2, 0.25) is 0 Å². The second-order valence-corrected chi connectivity index (χ2v) is 6.44. The number of Topliss-reactive ketones (excluding diaryl/α,β-unsaturated/α-hetero) is 1. The molecule has 1 amide bonds. The Kier molecular flexibility index (Phi) is 5.93. The van der Waals surface area contributed by atoms with Crippen molar-refractivity contribution >= 4 is 17.8 Å². The van der Waals surface area contributed by atoms with Gasteiger partial charge in [0.1, 0.15) is 5.60 Å². The van der Waals surface area contributed by atoms with Crippen molar-refractivity contribution in [2.24, 2.45) is 0 Å². The highest BCUT2D eigenvalue weighted by Crippen LogP contribution is 2.21. The maximum absolute atomic E-state index is 12.0. The summed E-state index contributed by atoms with van der Waals surface area (Å²) in [7, 11) is 2.92. The molecule has 1 heterocycles. The topological polar surface area (TPSA) is 76.2 Å². The van der Waals surface area contributed by atoms with E-state index in [0.717, 1.165) is 0 Å². The van der Waals surface area contributed by atoms with Gasteiger partial charge in [-0.2, -0.15) is 0 Å². The fourth-order valence-corrected chi connectivity index (χ4v) is 2.22. The van der Waals surface area contributed by atoms with Gasteiger partial charge in [0.15, 0.2) is 11.8 Å². The van der Waals surface area contributed by atoms with Gasteiger partial charge in [-0.1, -0.05) is 6.92 Å². The number of carbonyl (C=O) groups is 3. The van der Waals surface area contributed by atoms with Crippen molar-refractivity contribution in [3.8, 4) is 0 Å². The summed E-state index contributed by atoms with van der Waals surface area (Å²) in [5, 5.41) is 0. The normalized spacial score (nSPS) is 17.4. The lowest BCUT2D eigenvalue weighted by Crippen LogP contribution is -2.65. The molecule has 22 heavy (non-hydrogen) atoms. The summed E-state index contributed by atoms with van der Waals surface area (Å²) in [6.07, 6.45) is -0.142. The lowest BCUT2D eigenvalue weighted by atomic mass is 10.0. The standard InChI is InChI=1S/C15H26N2O5/c1-7-11(18)12(13(19)21-6)17-8-10(9-17)16(5)14(20)22-15(2,3)4/h10,12H,7-9H2,1-6H3. The zero-order valence-corrected chi connectivity index (χ0v) is 14.2. The van der Waals surface area contributed by atoms with Crippen molar-refractivity contribution in [1.82, 2.24) is 9.80 Å². The first kappa shape index (κ1) is 18.4. The van der Waals surface area contributed by atoms with Crippen molar-refractivity contribution in [3.05, 3.63) is 0 Å². The van der Waals surface area contributed by atoms with Crippen LogP contribution in [-0.2, 0) is 19.1 Å². The molecular formula is C15H26N2O5. The van der Waals surface area contributed by atoms with Gasteiger partial charge in [0, 0.05) is 26.6 Å². The Morgan fingerprint density at radius 3 is 2.23 bits per heavy atom. The van der Waals surface area contributed by atoms with Crippen LogP contribution in [0.2, 0.25) is 0 Å². The fraction of sp³-hybridized carbons (Fsp3) is 0.800. The van der Waals surface area contributed by atoms with Crippen LogP contribution < -0.4 is 0 Å². The zero-order valence-electron chi connectivity index (χ0n) is 14.2. The minimum atomic E-state index is -0.877. The predicted octanol–water partition coefficient (Wildman–Crippen LogP) is 1.06. The molecule has 0 spiro atoms. The summed E-state index contributed by atoms with van der Waals surface area (Å²) in [4.78, 5) is 38.9. The average molecular weight is 314 g/mol. The molecule has 1 aliphatic heterocycles. The van der Waals surface area contributed by atoms with Gasteiger partial charge in [-0.3, -0.25) is 9.69 Å². The number of likely N-dealkylation sites (tertiary alicyclic amines) is 1. The first-order chi connectivity index (χ1) is 10.1. The van der Waals surface area contributed by atoms with E-state index in [1.54, 1.807) is 39.6 Å². The van der Waals surface area contributed by atoms with E-state index < -0.39 is 23.7 Å². The SMILES string of the molecule is CCC(=O)C(C(=O)OC)N1CC(N(C)C(=O)OC(C)(C)C)C1.